The molecule has 0 spiro atoms. The minimum absolute atomic E-state index is 0.0388. The number of benzene rings is 1. The fourth-order valence-electron chi connectivity index (χ4n) is 6.39. The lowest BCUT2D eigenvalue weighted by Gasteiger charge is -2.59. The van der Waals surface area contributed by atoms with E-state index in [2.05, 4.69) is 13.8 Å². The standard InChI is InChI=1S/C24H34O3/c1-15(18-5-7-21(25)8-6-18)14-23(2,3)22(26)27-24(4)19-10-16-9-17(12-19)13-20(24)11-16/h5-8,15-17,19-20,25H,9-14H2,1-4H3. The predicted molar refractivity (Wildman–Crippen MR) is 106 cm³/mol. The van der Waals surface area contributed by atoms with Gasteiger partial charge >= 0.3 is 5.97 Å². The third-order valence-electron chi connectivity index (χ3n) is 7.90. The van der Waals surface area contributed by atoms with Crippen molar-refractivity contribution >= 4 is 5.97 Å². The topological polar surface area (TPSA) is 46.5 Å². The fourth-order valence-corrected chi connectivity index (χ4v) is 6.39. The van der Waals surface area contributed by atoms with Gasteiger partial charge in [-0.25, -0.2) is 0 Å². The first kappa shape index (κ1) is 18.8. The van der Waals surface area contributed by atoms with Gasteiger partial charge in [0, 0.05) is 0 Å². The Kier molecular flexibility index (Phi) is 4.56. The predicted octanol–water partition coefficient (Wildman–Crippen LogP) is 5.67. The molecule has 0 aliphatic heterocycles. The van der Waals surface area contributed by atoms with Crippen molar-refractivity contribution in [3.8, 4) is 5.75 Å². The van der Waals surface area contributed by atoms with Gasteiger partial charge in [-0.1, -0.05) is 19.1 Å². The van der Waals surface area contributed by atoms with E-state index in [1.807, 2.05) is 26.0 Å². The maximum Gasteiger partial charge on any atom is 0.312 e. The zero-order chi connectivity index (χ0) is 19.4. The van der Waals surface area contributed by atoms with Crippen LogP contribution in [0.4, 0.5) is 0 Å². The van der Waals surface area contributed by atoms with Crippen LogP contribution in [0.5, 0.6) is 5.75 Å². The molecular formula is C24H34O3. The van der Waals surface area contributed by atoms with Crippen LogP contribution >= 0.6 is 0 Å². The van der Waals surface area contributed by atoms with Crippen LogP contribution in [0.1, 0.15) is 77.7 Å². The number of aromatic hydroxyl groups is 1. The molecule has 1 atom stereocenters. The van der Waals surface area contributed by atoms with Gasteiger partial charge < -0.3 is 9.84 Å². The SMILES string of the molecule is CC(CC(C)(C)C(=O)OC1(C)C2CC3CC(C2)CC1C3)c1ccc(O)cc1. The largest absolute Gasteiger partial charge is 0.508 e. The van der Waals surface area contributed by atoms with Gasteiger partial charge in [0.05, 0.1) is 5.41 Å². The highest BCUT2D eigenvalue weighted by Gasteiger charge is 2.57. The van der Waals surface area contributed by atoms with Crippen molar-refractivity contribution in [2.24, 2.45) is 29.1 Å². The molecule has 5 rings (SSSR count). The number of phenolic OH excluding ortho intramolecular Hbond substituents is 1. The first-order valence-corrected chi connectivity index (χ1v) is 10.7. The summed E-state index contributed by atoms with van der Waals surface area (Å²) in [5, 5.41) is 9.50. The van der Waals surface area contributed by atoms with Gasteiger partial charge in [-0.05, 0) is 107 Å². The van der Waals surface area contributed by atoms with E-state index in [4.69, 9.17) is 4.74 Å². The third kappa shape index (κ3) is 3.39. The average Bonchev–Trinajstić information content (AvgIpc) is 2.59. The van der Waals surface area contributed by atoms with Crippen LogP contribution in [0.25, 0.3) is 0 Å². The van der Waals surface area contributed by atoms with Crippen LogP contribution in [0.2, 0.25) is 0 Å². The van der Waals surface area contributed by atoms with Gasteiger partial charge in [-0.15, -0.1) is 0 Å². The Bertz CT molecular complexity index is 675. The highest BCUT2D eigenvalue weighted by molar-refractivity contribution is 5.76. The molecule has 4 aliphatic rings. The molecule has 1 unspecified atom stereocenters. The summed E-state index contributed by atoms with van der Waals surface area (Å²) in [7, 11) is 0. The first-order valence-electron chi connectivity index (χ1n) is 10.7. The number of esters is 1. The zero-order valence-corrected chi connectivity index (χ0v) is 17.2. The molecule has 3 nitrogen and oxygen atoms in total. The van der Waals surface area contributed by atoms with Crippen LogP contribution in [-0.2, 0) is 9.53 Å². The van der Waals surface area contributed by atoms with Crippen LogP contribution in [0.15, 0.2) is 24.3 Å². The normalized spacial score (nSPS) is 35.9. The third-order valence-corrected chi connectivity index (χ3v) is 7.90. The number of phenols is 1. The minimum atomic E-state index is -0.519. The summed E-state index contributed by atoms with van der Waals surface area (Å²) in [4.78, 5) is 13.2. The number of ether oxygens (including phenoxy) is 1. The highest BCUT2D eigenvalue weighted by Crippen LogP contribution is 2.59. The maximum atomic E-state index is 13.2. The Balaban J connectivity index is 1.44. The van der Waals surface area contributed by atoms with Crippen molar-refractivity contribution < 1.29 is 14.6 Å². The summed E-state index contributed by atoms with van der Waals surface area (Å²) in [5.41, 5.74) is 0.368. The molecule has 4 bridgehead atoms. The molecule has 4 saturated carbocycles. The van der Waals surface area contributed by atoms with Gasteiger partial charge in [0.1, 0.15) is 11.4 Å². The van der Waals surface area contributed by atoms with Crippen molar-refractivity contribution in [1.82, 2.24) is 0 Å². The molecule has 0 radical (unpaired) electrons. The Morgan fingerprint density at radius 2 is 1.63 bits per heavy atom. The second kappa shape index (κ2) is 6.53. The summed E-state index contributed by atoms with van der Waals surface area (Å²) >= 11 is 0. The average molecular weight is 371 g/mol. The Hall–Kier alpha value is -1.51. The summed E-state index contributed by atoms with van der Waals surface area (Å²) in [6, 6.07) is 7.32. The van der Waals surface area contributed by atoms with Gasteiger partial charge in [-0.2, -0.15) is 0 Å². The second-order valence-electron chi connectivity index (χ2n) is 10.5. The highest BCUT2D eigenvalue weighted by atomic mass is 16.6. The zero-order valence-electron chi connectivity index (χ0n) is 17.2. The van der Waals surface area contributed by atoms with Crippen molar-refractivity contribution in [3.63, 3.8) is 0 Å². The number of carbonyl (C=O) groups excluding carboxylic acids is 1. The minimum Gasteiger partial charge on any atom is -0.508 e. The molecule has 1 aromatic rings. The summed E-state index contributed by atoms with van der Waals surface area (Å²) in [6.07, 6.45) is 7.16. The molecule has 27 heavy (non-hydrogen) atoms. The Morgan fingerprint density at radius 1 is 1.11 bits per heavy atom. The lowest BCUT2D eigenvalue weighted by molar-refractivity contribution is -0.211. The molecule has 0 heterocycles. The molecule has 0 aromatic heterocycles. The summed E-state index contributed by atoms with van der Waals surface area (Å²) in [6.45, 7) is 8.40. The Labute approximate surface area is 163 Å². The quantitative estimate of drug-likeness (QED) is 0.679. The number of rotatable bonds is 5. The van der Waals surface area contributed by atoms with Gasteiger partial charge in [0.2, 0.25) is 0 Å². The van der Waals surface area contributed by atoms with Crippen molar-refractivity contribution in [2.45, 2.75) is 77.7 Å². The van der Waals surface area contributed by atoms with E-state index in [-0.39, 0.29) is 23.2 Å². The van der Waals surface area contributed by atoms with E-state index in [1.165, 1.54) is 32.1 Å². The Morgan fingerprint density at radius 3 is 2.15 bits per heavy atom. The van der Waals surface area contributed by atoms with E-state index in [1.54, 1.807) is 12.1 Å². The molecule has 4 aliphatic carbocycles. The molecule has 1 aromatic carbocycles. The van der Waals surface area contributed by atoms with Crippen LogP contribution in [0, 0.1) is 29.1 Å². The lowest BCUT2D eigenvalue weighted by Crippen LogP contribution is -2.58. The van der Waals surface area contributed by atoms with Crippen molar-refractivity contribution in [3.05, 3.63) is 29.8 Å². The van der Waals surface area contributed by atoms with Crippen LogP contribution in [-0.4, -0.2) is 16.7 Å². The monoisotopic (exact) mass is 370 g/mol. The first-order chi connectivity index (χ1) is 12.7. The summed E-state index contributed by atoms with van der Waals surface area (Å²) < 4.78 is 6.36. The van der Waals surface area contributed by atoms with Crippen LogP contribution in [0.3, 0.4) is 0 Å². The van der Waals surface area contributed by atoms with E-state index >= 15 is 0 Å². The van der Waals surface area contributed by atoms with Crippen LogP contribution < -0.4 is 0 Å². The molecule has 0 amide bonds. The molecular weight excluding hydrogens is 336 g/mol. The van der Waals surface area contributed by atoms with Gasteiger partial charge in [0.25, 0.3) is 0 Å². The van der Waals surface area contributed by atoms with Crippen molar-refractivity contribution in [1.29, 1.82) is 0 Å². The van der Waals surface area contributed by atoms with Gasteiger partial charge in [-0.3, -0.25) is 4.79 Å². The lowest BCUT2D eigenvalue weighted by atomic mass is 9.50. The molecule has 0 saturated heterocycles. The van der Waals surface area contributed by atoms with Gasteiger partial charge in [0.15, 0.2) is 0 Å². The van der Waals surface area contributed by atoms with E-state index < -0.39 is 5.41 Å². The van der Waals surface area contributed by atoms with E-state index in [0.717, 1.165) is 23.8 Å². The smallest absolute Gasteiger partial charge is 0.312 e. The maximum absolute atomic E-state index is 13.2. The fraction of sp³-hybridized carbons (Fsp3) is 0.708. The number of carbonyl (C=O) groups is 1. The number of hydrogen-bond acceptors (Lipinski definition) is 3. The van der Waals surface area contributed by atoms with Crippen molar-refractivity contribution in [2.75, 3.05) is 0 Å². The summed E-state index contributed by atoms with van der Waals surface area (Å²) in [5.74, 6) is 3.34. The molecule has 148 valence electrons. The van der Waals surface area contributed by atoms with E-state index in [9.17, 15) is 9.90 Å². The molecule has 1 N–H and O–H groups in total. The second-order valence-corrected chi connectivity index (χ2v) is 10.5. The van der Waals surface area contributed by atoms with E-state index in [0.29, 0.717) is 11.8 Å². The number of hydrogen-bond donors (Lipinski definition) is 1. The molecule has 4 fully saturated rings. The molecule has 3 heteroatoms.